The largest absolute Gasteiger partial charge is 0.466 e. The highest BCUT2D eigenvalue weighted by atomic mass is 16.6. The number of nitrogens with zero attached hydrogens (tertiary/aromatic N) is 3. The van der Waals surface area contributed by atoms with Crippen molar-refractivity contribution in [1.29, 1.82) is 0 Å². The fraction of sp³-hybridized carbons (Fsp3) is 0.111. The molecule has 126 valence electrons. The summed E-state index contributed by atoms with van der Waals surface area (Å²) in [6.07, 6.45) is 3.32. The maximum absolute atomic E-state index is 12.1. The van der Waals surface area contributed by atoms with Crippen LogP contribution in [-0.4, -0.2) is 27.6 Å². The second kappa shape index (κ2) is 6.96. The van der Waals surface area contributed by atoms with Crippen LogP contribution in [0.3, 0.4) is 0 Å². The number of para-hydroxylation sites is 2. The minimum atomic E-state index is -0.466. The molecule has 0 unspecified atom stereocenters. The molecule has 0 aliphatic carbocycles. The summed E-state index contributed by atoms with van der Waals surface area (Å²) in [5, 5.41) is 10.7. The molecule has 0 aliphatic rings. The molecule has 0 N–H and O–H groups in total. The van der Waals surface area contributed by atoms with Crippen LogP contribution in [0.1, 0.15) is 5.56 Å². The first-order valence-electron chi connectivity index (χ1n) is 7.51. The van der Waals surface area contributed by atoms with E-state index in [-0.39, 0.29) is 12.2 Å². The summed E-state index contributed by atoms with van der Waals surface area (Å²) < 4.78 is 6.71. The Bertz CT molecular complexity index is 958. The predicted molar refractivity (Wildman–Crippen MR) is 92.8 cm³/mol. The molecule has 0 bridgehead atoms. The molecule has 7 heteroatoms. The molecule has 1 heterocycles. The van der Waals surface area contributed by atoms with Gasteiger partial charge in [-0.3, -0.25) is 10.1 Å². The molecule has 0 radical (unpaired) electrons. The van der Waals surface area contributed by atoms with Gasteiger partial charge >= 0.3 is 5.97 Å². The summed E-state index contributed by atoms with van der Waals surface area (Å²) in [6.45, 7) is 0.282. The van der Waals surface area contributed by atoms with Gasteiger partial charge < -0.3 is 9.30 Å². The van der Waals surface area contributed by atoms with Gasteiger partial charge in [0.05, 0.1) is 41.5 Å². The number of methoxy groups -OCH3 is 1. The molecule has 7 nitrogen and oxygen atoms in total. The van der Waals surface area contributed by atoms with Crippen LogP contribution in [0.15, 0.2) is 60.4 Å². The van der Waals surface area contributed by atoms with Crippen molar-refractivity contribution in [3.63, 3.8) is 0 Å². The van der Waals surface area contributed by atoms with Crippen LogP contribution in [0.25, 0.3) is 17.1 Å². The number of aromatic nitrogens is 2. The quantitative estimate of drug-likeness (QED) is 0.309. The van der Waals surface area contributed by atoms with E-state index in [9.17, 15) is 14.9 Å². The zero-order valence-corrected chi connectivity index (χ0v) is 13.5. The van der Waals surface area contributed by atoms with Crippen molar-refractivity contribution in [2.75, 3.05) is 7.11 Å². The summed E-state index contributed by atoms with van der Waals surface area (Å²) in [4.78, 5) is 26.7. The molecular formula is C18H15N3O4. The number of nitro groups is 1. The van der Waals surface area contributed by atoms with Gasteiger partial charge in [0.25, 0.3) is 5.69 Å². The van der Waals surface area contributed by atoms with Crippen molar-refractivity contribution in [1.82, 2.24) is 9.55 Å². The number of nitro benzene ring substituents is 1. The number of benzene rings is 2. The topological polar surface area (TPSA) is 87.3 Å². The van der Waals surface area contributed by atoms with Gasteiger partial charge in [-0.1, -0.05) is 12.1 Å². The molecule has 1 aromatic heterocycles. The van der Waals surface area contributed by atoms with Crippen molar-refractivity contribution >= 4 is 28.8 Å². The summed E-state index contributed by atoms with van der Waals surface area (Å²) in [5.41, 5.74) is 2.83. The van der Waals surface area contributed by atoms with E-state index in [4.69, 9.17) is 4.74 Å². The van der Waals surface area contributed by atoms with E-state index in [2.05, 4.69) is 4.98 Å². The minimum Gasteiger partial charge on any atom is -0.466 e. The van der Waals surface area contributed by atoms with E-state index in [1.54, 1.807) is 24.5 Å². The SMILES string of the molecule is COC(=O)/C(=C/c1ccc([N+](=O)[O-])cc1)Cn1cnc2ccccc21. The number of hydrogen-bond donors (Lipinski definition) is 0. The zero-order chi connectivity index (χ0) is 17.8. The van der Waals surface area contributed by atoms with Gasteiger partial charge in [-0.05, 0) is 35.9 Å². The van der Waals surface area contributed by atoms with Crippen LogP contribution in [0.2, 0.25) is 0 Å². The van der Waals surface area contributed by atoms with Crippen LogP contribution in [-0.2, 0) is 16.1 Å². The van der Waals surface area contributed by atoms with Gasteiger partial charge in [-0.25, -0.2) is 9.78 Å². The molecule has 0 saturated carbocycles. The van der Waals surface area contributed by atoms with Gasteiger partial charge in [-0.15, -0.1) is 0 Å². The summed E-state index contributed by atoms with van der Waals surface area (Å²) in [6, 6.07) is 13.6. The zero-order valence-electron chi connectivity index (χ0n) is 13.5. The fourth-order valence-electron chi connectivity index (χ4n) is 2.51. The molecule has 2 aromatic carbocycles. The molecule has 0 aliphatic heterocycles. The summed E-state index contributed by atoms with van der Waals surface area (Å²) in [5.74, 6) is -0.462. The number of carbonyl (C=O) groups is 1. The number of hydrogen-bond acceptors (Lipinski definition) is 5. The second-order valence-corrected chi connectivity index (χ2v) is 5.37. The Morgan fingerprint density at radius 1 is 1.24 bits per heavy atom. The molecular weight excluding hydrogens is 322 g/mol. The molecule has 0 atom stereocenters. The number of esters is 1. The van der Waals surface area contributed by atoms with Gasteiger partial charge in [-0.2, -0.15) is 0 Å². The lowest BCUT2D eigenvalue weighted by Gasteiger charge is -2.08. The monoisotopic (exact) mass is 337 g/mol. The number of ether oxygens (including phenoxy) is 1. The third kappa shape index (κ3) is 3.55. The summed E-state index contributed by atoms with van der Waals surface area (Å²) >= 11 is 0. The van der Waals surface area contributed by atoms with Crippen molar-refractivity contribution in [2.45, 2.75) is 6.54 Å². The van der Waals surface area contributed by atoms with Gasteiger partial charge in [0, 0.05) is 12.1 Å². The predicted octanol–water partition coefficient (Wildman–Crippen LogP) is 3.20. The maximum Gasteiger partial charge on any atom is 0.335 e. The van der Waals surface area contributed by atoms with Crippen LogP contribution in [0, 0.1) is 10.1 Å². The van der Waals surface area contributed by atoms with Crippen molar-refractivity contribution in [2.24, 2.45) is 0 Å². The Labute approximate surface area is 143 Å². The number of non-ortho nitro benzene ring substituents is 1. The molecule has 0 saturated heterocycles. The fourth-order valence-corrected chi connectivity index (χ4v) is 2.51. The lowest BCUT2D eigenvalue weighted by molar-refractivity contribution is -0.384. The standard InChI is InChI=1S/C18H15N3O4/c1-25-18(22)14(10-13-6-8-15(9-7-13)21(23)24)11-20-12-19-16-4-2-3-5-17(16)20/h2-10,12H,11H2,1H3/b14-10+. The Balaban J connectivity index is 1.94. The van der Waals surface area contributed by atoms with Crippen LogP contribution in [0.5, 0.6) is 0 Å². The third-order valence-electron chi connectivity index (χ3n) is 3.76. The van der Waals surface area contributed by atoms with Crippen molar-refractivity contribution in [3.05, 3.63) is 76.1 Å². The van der Waals surface area contributed by atoms with E-state index in [1.165, 1.54) is 19.2 Å². The van der Waals surface area contributed by atoms with E-state index in [0.29, 0.717) is 11.1 Å². The molecule has 0 spiro atoms. The highest BCUT2D eigenvalue weighted by Crippen LogP contribution is 2.18. The van der Waals surface area contributed by atoms with E-state index >= 15 is 0 Å². The average Bonchev–Trinajstić information content (AvgIpc) is 3.04. The van der Waals surface area contributed by atoms with Crippen LogP contribution < -0.4 is 0 Å². The van der Waals surface area contributed by atoms with Crippen molar-refractivity contribution < 1.29 is 14.5 Å². The maximum atomic E-state index is 12.1. The van der Waals surface area contributed by atoms with E-state index in [1.807, 2.05) is 28.8 Å². The minimum absolute atomic E-state index is 0.00243. The first-order chi connectivity index (χ1) is 12.1. The van der Waals surface area contributed by atoms with Crippen molar-refractivity contribution in [3.8, 4) is 0 Å². The Kier molecular flexibility index (Phi) is 4.56. The Morgan fingerprint density at radius 2 is 1.96 bits per heavy atom. The van der Waals surface area contributed by atoms with E-state index in [0.717, 1.165) is 11.0 Å². The highest BCUT2D eigenvalue weighted by Gasteiger charge is 2.13. The summed E-state index contributed by atoms with van der Waals surface area (Å²) in [7, 11) is 1.32. The smallest absolute Gasteiger partial charge is 0.335 e. The van der Waals surface area contributed by atoms with Gasteiger partial charge in [0.2, 0.25) is 0 Å². The number of fused-ring (bicyclic) bond motifs is 1. The van der Waals surface area contributed by atoms with Crippen LogP contribution in [0.4, 0.5) is 5.69 Å². The number of imidazole rings is 1. The molecule has 0 amide bonds. The second-order valence-electron chi connectivity index (χ2n) is 5.37. The molecule has 25 heavy (non-hydrogen) atoms. The Morgan fingerprint density at radius 3 is 2.64 bits per heavy atom. The third-order valence-corrected chi connectivity index (χ3v) is 3.76. The Hall–Kier alpha value is -3.48. The molecule has 0 fully saturated rings. The molecule has 3 rings (SSSR count). The highest BCUT2D eigenvalue weighted by molar-refractivity contribution is 5.93. The lowest BCUT2D eigenvalue weighted by Crippen LogP contribution is -2.11. The number of carbonyl (C=O) groups excluding carboxylic acids is 1. The first kappa shape index (κ1) is 16.4. The first-order valence-corrected chi connectivity index (χ1v) is 7.51. The normalized spacial score (nSPS) is 11.5. The lowest BCUT2D eigenvalue weighted by atomic mass is 10.1. The van der Waals surface area contributed by atoms with Gasteiger partial charge in [0.1, 0.15) is 0 Å². The van der Waals surface area contributed by atoms with Gasteiger partial charge in [0.15, 0.2) is 0 Å². The van der Waals surface area contributed by atoms with Crippen LogP contribution >= 0.6 is 0 Å². The van der Waals surface area contributed by atoms with E-state index < -0.39 is 10.9 Å². The number of rotatable bonds is 5. The average molecular weight is 337 g/mol. The molecule has 3 aromatic rings.